The van der Waals surface area contributed by atoms with E-state index in [1.165, 1.54) is 12.1 Å². The SMILES string of the molecule is CC(C)[C@H](N)C(=O)NCc1nc(-c2ccc(S(C)(=O)=O)cc2)no1.Cl. The number of amides is 1. The Morgan fingerprint density at radius 3 is 2.40 bits per heavy atom. The van der Waals surface area contributed by atoms with Crippen LogP contribution in [0.4, 0.5) is 0 Å². The lowest BCUT2D eigenvalue weighted by molar-refractivity contribution is -0.123. The molecule has 3 N–H and O–H groups in total. The summed E-state index contributed by atoms with van der Waals surface area (Å²) in [6.45, 7) is 3.79. The molecular formula is C15H21ClN4O4S. The van der Waals surface area contributed by atoms with E-state index in [-0.39, 0.29) is 41.6 Å². The number of rotatable bonds is 6. The molecule has 0 spiro atoms. The van der Waals surface area contributed by atoms with Crippen LogP contribution in [0.2, 0.25) is 0 Å². The van der Waals surface area contributed by atoms with Gasteiger partial charge in [0.2, 0.25) is 17.6 Å². The third kappa shape index (κ3) is 5.52. The van der Waals surface area contributed by atoms with E-state index in [0.717, 1.165) is 6.26 Å². The third-order valence-electron chi connectivity index (χ3n) is 3.44. The average Bonchev–Trinajstić information content (AvgIpc) is 3.00. The van der Waals surface area contributed by atoms with Gasteiger partial charge in [-0.2, -0.15) is 4.98 Å². The van der Waals surface area contributed by atoms with Crippen molar-refractivity contribution >= 4 is 28.2 Å². The summed E-state index contributed by atoms with van der Waals surface area (Å²) in [5, 5.41) is 6.45. The van der Waals surface area contributed by atoms with Crippen LogP contribution in [0.3, 0.4) is 0 Å². The second-order valence-electron chi connectivity index (χ2n) is 5.80. The van der Waals surface area contributed by atoms with Crippen LogP contribution in [0.1, 0.15) is 19.7 Å². The Bertz CT molecular complexity index is 818. The van der Waals surface area contributed by atoms with E-state index in [1.807, 2.05) is 13.8 Å². The largest absolute Gasteiger partial charge is 0.346 e. The average molecular weight is 389 g/mol. The number of halogens is 1. The Kier molecular flexibility index (Phi) is 7.09. The van der Waals surface area contributed by atoms with Crippen molar-refractivity contribution in [1.82, 2.24) is 15.5 Å². The first-order chi connectivity index (χ1) is 11.2. The fraction of sp³-hybridized carbons (Fsp3) is 0.400. The van der Waals surface area contributed by atoms with Crippen LogP contribution in [-0.4, -0.2) is 36.8 Å². The summed E-state index contributed by atoms with van der Waals surface area (Å²) in [6.07, 6.45) is 1.14. The topological polar surface area (TPSA) is 128 Å². The molecule has 10 heteroatoms. The van der Waals surface area contributed by atoms with Gasteiger partial charge in [0.15, 0.2) is 9.84 Å². The number of nitrogens with zero attached hydrogens (tertiary/aromatic N) is 2. The van der Waals surface area contributed by atoms with E-state index < -0.39 is 15.9 Å². The predicted molar refractivity (Wildman–Crippen MR) is 94.8 cm³/mol. The number of sulfone groups is 1. The quantitative estimate of drug-likeness (QED) is 0.759. The lowest BCUT2D eigenvalue weighted by atomic mass is 10.1. The highest BCUT2D eigenvalue weighted by Crippen LogP contribution is 2.18. The third-order valence-corrected chi connectivity index (χ3v) is 4.57. The molecule has 0 radical (unpaired) electrons. The van der Waals surface area contributed by atoms with E-state index in [4.69, 9.17) is 10.3 Å². The number of nitrogens with two attached hydrogens (primary N) is 1. The number of hydrogen-bond donors (Lipinski definition) is 2. The van der Waals surface area contributed by atoms with Crippen molar-refractivity contribution in [2.45, 2.75) is 31.3 Å². The Labute approximate surface area is 152 Å². The molecule has 0 bridgehead atoms. The number of nitrogens with one attached hydrogen (secondary N) is 1. The molecule has 138 valence electrons. The first-order valence-electron chi connectivity index (χ1n) is 7.35. The van der Waals surface area contributed by atoms with Gasteiger partial charge in [0.25, 0.3) is 0 Å². The maximum absolute atomic E-state index is 11.8. The molecule has 25 heavy (non-hydrogen) atoms. The van der Waals surface area contributed by atoms with Gasteiger partial charge in [-0.15, -0.1) is 12.4 Å². The highest BCUT2D eigenvalue weighted by molar-refractivity contribution is 7.90. The van der Waals surface area contributed by atoms with Crippen LogP contribution in [0, 0.1) is 5.92 Å². The fourth-order valence-corrected chi connectivity index (χ4v) is 2.51. The first kappa shape index (κ1) is 21.1. The van der Waals surface area contributed by atoms with E-state index in [0.29, 0.717) is 11.4 Å². The molecule has 1 atom stereocenters. The van der Waals surface area contributed by atoms with Gasteiger partial charge in [-0.3, -0.25) is 4.79 Å². The van der Waals surface area contributed by atoms with Crippen molar-refractivity contribution in [2.24, 2.45) is 11.7 Å². The van der Waals surface area contributed by atoms with Crippen molar-refractivity contribution in [3.63, 3.8) is 0 Å². The standard InChI is InChI=1S/C15H20N4O4S.ClH/c1-9(2)13(16)15(20)17-8-12-18-14(19-23-12)10-4-6-11(7-5-10)24(3,21)22;/h4-7,9,13H,8,16H2,1-3H3,(H,17,20);1H/t13-;/m0./s1. The van der Waals surface area contributed by atoms with Gasteiger partial charge in [0.05, 0.1) is 17.5 Å². The zero-order valence-corrected chi connectivity index (χ0v) is 15.7. The minimum atomic E-state index is -3.25. The first-order valence-corrected chi connectivity index (χ1v) is 9.24. The zero-order valence-electron chi connectivity index (χ0n) is 14.1. The smallest absolute Gasteiger partial charge is 0.246 e. The van der Waals surface area contributed by atoms with Crippen molar-refractivity contribution in [2.75, 3.05) is 6.26 Å². The molecular weight excluding hydrogens is 368 g/mol. The lowest BCUT2D eigenvalue weighted by Gasteiger charge is -2.14. The van der Waals surface area contributed by atoms with Gasteiger partial charge in [-0.05, 0) is 30.2 Å². The minimum Gasteiger partial charge on any atom is -0.346 e. The summed E-state index contributed by atoms with van der Waals surface area (Å²) in [5.41, 5.74) is 6.36. The van der Waals surface area contributed by atoms with Crippen molar-refractivity contribution in [3.8, 4) is 11.4 Å². The summed E-state index contributed by atoms with van der Waals surface area (Å²) in [6, 6.07) is 5.54. The molecule has 1 amide bonds. The Hall–Kier alpha value is -1.97. The van der Waals surface area contributed by atoms with Crippen LogP contribution >= 0.6 is 12.4 Å². The van der Waals surface area contributed by atoms with Crippen molar-refractivity contribution < 1.29 is 17.7 Å². The maximum Gasteiger partial charge on any atom is 0.246 e. The molecule has 0 aliphatic heterocycles. The molecule has 8 nitrogen and oxygen atoms in total. The monoisotopic (exact) mass is 388 g/mol. The van der Waals surface area contributed by atoms with Gasteiger partial charge in [-0.25, -0.2) is 8.42 Å². The number of carbonyl (C=O) groups excluding carboxylic acids is 1. The van der Waals surface area contributed by atoms with Crippen LogP contribution in [0.25, 0.3) is 11.4 Å². The van der Waals surface area contributed by atoms with E-state index >= 15 is 0 Å². The molecule has 0 aliphatic carbocycles. The van der Waals surface area contributed by atoms with Gasteiger partial charge >= 0.3 is 0 Å². The molecule has 2 aromatic rings. The molecule has 0 saturated carbocycles. The summed E-state index contributed by atoms with van der Waals surface area (Å²) in [5.74, 6) is 0.285. The molecule has 0 unspecified atom stereocenters. The summed E-state index contributed by atoms with van der Waals surface area (Å²) in [4.78, 5) is 16.2. The molecule has 2 rings (SSSR count). The number of hydrogen-bond acceptors (Lipinski definition) is 7. The predicted octanol–water partition coefficient (Wildman–Crippen LogP) is 1.16. The van der Waals surface area contributed by atoms with Gasteiger partial charge < -0.3 is 15.6 Å². The number of benzene rings is 1. The minimum absolute atomic E-state index is 0. The second kappa shape index (κ2) is 8.41. The lowest BCUT2D eigenvalue weighted by Crippen LogP contribution is -2.43. The summed E-state index contributed by atoms with van der Waals surface area (Å²) >= 11 is 0. The zero-order chi connectivity index (χ0) is 17.9. The van der Waals surface area contributed by atoms with Gasteiger partial charge in [0, 0.05) is 11.8 Å². The Morgan fingerprint density at radius 1 is 1.28 bits per heavy atom. The van der Waals surface area contributed by atoms with Crippen LogP contribution in [0.5, 0.6) is 0 Å². The second-order valence-corrected chi connectivity index (χ2v) is 7.81. The normalized spacial score (nSPS) is 12.5. The van der Waals surface area contributed by atoms with E-state index in [1.54, 1.807) is 12.1 Å². The highest BCUT2D eigenvalue weighted by Gasteiger charge is 2.18. The highest BCUT2D eigenvalue weighted by atomic mass is 35.5. The van der Waals surface area contributed by atoms with Gasteiger partial charge in [0.1, 0.15) is 0 Å². The van der Waals surface area contributed by atoms with Crippen molar-refractivity contribution in [1.29, 1.82) is 0 Å². The van der Waals surface area contributed by atoms with E-state index in [2.05, 4.69) is 15.5 Å². The summed E-state index contributed by atoms with van der Waals surface area (Å²) in [7, 11) is -3.25. The molecule has 1 heterocycles. The van der Waals surface area contributed by atoms with Crippen molar-refractivity contribution in [3.05, 3.63) is 30.2 Å². The van der Waals surface area contributed by atoms with Gasteiger partial charge in [-0.1, -0.05) is 19.0 Å². The van der Waals surface area contributed by atoms with Crippen LogP contribution in [0.15, 0.2) is 33.7 Å². The fourth-order valence-electron chi connectivity index (χ4n) is 1.88. The molecule has 1 aromatic heterocycles. The number of carbonyl (C=O) groups is 1. The van der Waals surface area contributed by atoms with Crippen LogP contribution in [-0.2, 0) is 21.2 Å². The van der Waals surface area contributed by atoms with E-state index in [9.17, 15) is 13.2 Å². The van der Waals surface area contributed by atoms with Crippen LogP contribution < -0.4 is 11.1 Å². The summed E-state index contributed by atoms with van der Waals surface area (Å²) < 4.78 is 27.9. The molecule has 0 saturated heterocycles. The molecule has 1 aromatic carbocycles. The number of aromatic nitrogens is 2. The maximum atomic E-state index is 11.8. The molecule has 0 fully saturated rings. The molecule has 0 aliphatic rings. The Morgan fingerprint density at radius 2 is 1.88 bits per heavy atom. The Balaban J connectivity index is 0.00000312.